The standard InChI is InChI=1S/C8H12N2O4/c1-5(11)14-4-6-7(12)10(3)8(13)9(6)2/h6H,4H2,1-3H3. The molecule has 1 fully saturated rings. The van der Waals surface area contributed by atoms with Crippen molar-refractivity contribution < 1.29 is 19.1 Å². The minimum Gasteiger partial charge on any atom is -0.463 e. The molecule has 0 N–H and O–H groups in total. The largest absolute Gasteiger partial charge is 0.463 e. The van der Waals surface area contributed by atoms with Crippen LogP contribution in [0.15, 0.2) is 0 Å². The lowest BCUT2D eigenvalue weighted by Gasteiger charge is -2.15. The predicted molar refractivity (Wildman–Crippen MR) is 46.4 cm³/mol. The van der Waals surface area contributed by atoms with Crippen molar-refractivity contribution in [2.75, 3.05) is 20.7 Å². The second kappa shape index (κ2) is 3.65. The van der Waals surface area contributed by atoms with Gasteiger partial charge in [0.2, 0.25) is 0 Å². The molecule has 6 heteroatoms. The first-order valence-electron chi connectivity index (χ1n) is 4.13. The van der Waals surface area contributed by atoms with E-state index in [9.17, 15) is 14.4 Å². The van der Waals surface area contributed by atoms with Gasteiger partial charge >= 0.3 is 12.0 Å². The average Bonchev–Trinajstić information content (AvgIpc) is 2.29. The van der Waals surface area contributed by atoms with Gasteiger partial charge in [-0.25, -0.2) is 4.79 Å². The van der Waals surface area contributed by atoms with Crippen molar-refractivity contribution in [3.8, 4) is 0 Å². The lowest BCUT2D eigenvalue weighted by atomic mass is 10.3. The van der Waals surface area contributed by atoms with E-state index in [1.165, 1.54) is 25.9 Å². The topological polar surface area (TPSA) is 66.9 Å². The van der Waals surface area contributed by atoms with Crippen molar-refractivity contribution in [1.29, 1.82) is 0 Å². The smallest absolute Gasteiger partial charge is 0.327 e. The van der Waals surface area contributed by atoms with E-state index in [0.29, 0.717) is 0 Å². The third-order valence-corrected chi connectivity index (χ3v) is 2.12. The van der Waals surface area contributed by atoms with Crippen LogP contribution in [0.4, 0.5) is 4.79 Å². The molecular weight excluding hydrogens is 188 g/mol. The summed E-state index contributed by atoms with van der Waals surface area (Å²) in [6, 6.07) is -1.07. The van der Waals surface area contributed by atoms with Crippen molar-refractivity contribution in [2.24, 2.45) is 0 Å². The fourth-order valence-electron chi connectivity index (χ4n) is 1.23. The van der Waals surface area contributed by atoms with Crippen molar-refractivity contribution in [2.45, 2.75) is 13.0 Å². The average molecular weight is 200 g/mol. The number of carbonyl (C=O) groups is 3. The van der Waals surface area contributed by atoms with Crippen LogP contribution in [0.2, 0.25) is 0 Å². The third-order valence-electron chi connectivity index (χ3n) is 2.12. The van der Waals surface area contributed by atoms with Crippen LogP contribution in [-0.2, 0) is 14.3 Å². The Balaban J connectivity index is 2.65. The zero-order valence-electron chi connectivity index (χ0n) is 8.31. The summed E-state index contributed by atoms with van der Waals surface area (Å²) in [5.41, 5.74) is 0. The van der Waals surface area contributed by atoms with Gasteiger partial charge in [-0.05, 0) is 0 Å². The van der Waals surface area contributed by atoms with Gasteiger partial charge in [0.15, 0.2) is 0 Å². The molecule has 0 spiro atoms. The van der Waals surface area contributed by atoms with E-state index in [0.717, 1.165) is 4.90 Å². The summed E-state index contributed by atoms with van der Waals surface area (Å²) in [4.78, 5) is 35.5. The number of hydrogen-bond acceptors (Lipinski definition) is 4. The molecule has 0 bridgehead atoms. The summed E-state index contributed by atoms with van der Waals surface area (Å²) < 4.78 is 4.68. The number of amides is 3. The minimum atomic E-state index is -0.684. The quantitative estimate of drug-likeness (QED) is 0.442. The Kier molecular flexibility index (Phi) is 2.73. The number of esters is 1. The molecule has 14 heavy (non-hydrogen) atoms. The number of carbonyl (C=O) groups excluding carboxylic acids is 3. The van der Waals surface area contributed by atoms with Crippen molar-refractivity contribution in [3.63, 3.8) is 0 Å². The number of urea groups is 1. The lowest BCUT2D eigenvalue weighted by Crippen LogP contribution is -2.36. The summed E-state index contributed by atoms with van der Waals surface area (Å²) in [5.74, 6) is -0.813. The number of hydrogen-bond donors (Lipinski definition) is 0. The van der Waals surface area contributed by atoms with Crippen LogP contribution in [0.25, 0.3) is 0 Å². The van der Waals surface area contributed by atoms with E-state index in [-0.39, 0.29) is 18.5 Å². The van der Waals surface area contributed by atoms with E-state index >= 15 is 0 Å². The monoisotopic (exact) mass is 200 g/mol. The van der Waals surface area contributed by atoms with Gasteiger partial charge < -0.3 is 9.64 Å². The predicted octanol–water partition coefficient (Wildman–Crippen LogP) is -0.558. The molecule has 1 aliphatic heterocycles. The van der Waals surface area contributed by atoms with Crippen molar-refractivity contribution >= 4 is 17.9 Å². The molecule has 0 aromatic rings. The van der Waals surface area contributed by atoms with E-state index in [2.05, 4.69) is 4.74 Å². The zero-order valence-corrected chi connectivity index (χ0v) is 8.31. The van der Waals surface area contributed by atoms with Gasteiger partial charge in [-0.1, -0.05) is 0 Å². The number of nitrogens with zero attached hydrogens (tertiary/aromatic N) is 2. The maximum Gasteiger partial charge on any atom is 0.327 e. The third kappa shape index (κ3) is 1.68. The molecule has 1 atom stereocenters. The molecule has 1 unspecified atom stereocenters. The molecule has 0 saturated carbocycles. The molecule has 1 rings (SSSR count). The first-order chi connectivity index (χ1) is 6.45. The minimum absolute atomic E-state index is 0.0826. The van der Waals surface area contributed by atoms with Crippen LogP contribution in [0.3, 0.4) is 0 Å². The van der Waals surface area contributed by atoms with Gasteiger partial charge in [-0.15, -0.1) is 0 Å². The number of ether oxygens (including phenoxy) is 1. The Bertz CT molecular complexity index is 289. The highest BCUT2D eigenvalue weighted by atomic mass is 16.5. The van der Waals surface area contributed by atoms with E-state index < -0.39 is 12.0 Å². The SMILES string of the molecule is CC(=O)OCC1C(=O)N(C)C(=O)N1C. The normalized spacial score (nSPS) is 21.8. The molecule has 1 aliphatic rings. The summed E-state index contributed by atoms with van der Waals surface area (Å²) >= 11 is 0. The lowest BCUT2D eigenvalue weighted by molar-refractivity contribution is -0.143. The van der Waals surface area contributed by atoms with E-state index in [1.54, 1.807) is 0 Å². The van der Waals surface area contributed by atoms with Crippen molar-refractivity contribution in [1.82, 2.24) is 9.80 Å². The Morgan fingerprint density at radius 3 is 2.36 bits per heavy atom. The molecular formula is C8H12N2O4. The first kappa shape index (κ1) is 10.5. The van der Waals surface area contributed by atoms with Crippen LogP contribution in [0, 0.1) is 0 Å². The molecule has 0 radical (unpaired) electrons. The highest BCUT2D eigenvalue weighted by Crippen LogP contribution is 2.13. The van der Waals surface area contributed by atoms with Gasteiger partial charge in [0, 0.05) is 21.0 Å². The second-order valence-corrected chi connectivity index (χ2v) is 3.11. The second-order valence-electron chi connectivity index (χ2n) is 3.11. The number of imide groups is 1. The maximum atomic E-state index is 11.4. The maximum absolute atomic E-state index is 11.4. The molecule has 0 aliphatic carbocycles. The van der Waals surface area contributed by atoms with Crippen LogP contribution in [-0.4, -0.2) is 54.5 Å². The molecule has 6 nitrogen and oxygen atoms in total. The first-order valence-corrected chi connectivity index (χ1v) is 4.13. The molecule has 0 aromatic heterocycles. The van der Waals surface area contributed by atoms with Crippen LogP contribution >= 0.6 is 0 Å². The molecule has 3 amide bonds. The van der Waals surface area contributed by atoms with Crippen LogP contribution in [0.1, 0.15) is 6.92 Å². The summed E-state index contributed by atoms with van der Waals surface area (Å²) in [6.45, 7) is 1.17. The van der Waals surface area contributed by atoms with Crippen LogP contribution in [0.5, 0.6) is 0 Å². The van der Waals surface area contributed by atoms with Gasteiger partial charge in [0.25, 0.3) is 5.91 Å². The van der Waals surface area contributed by atoms with E-state index in [1.807, 2.05) is 0 Å². The van der Waals surface area contributed by atoms with Gasteiger partial charge in [0.1, 0.15) is 12.6 Å². The Morgan fingerprint density at radius 2 is 2.00 bits per heavy atom. The molecule has 1 saturated heterocycles. The fourth-order valence-corrected chi connectivity index (χ4v) is 1.23. The number of likely N-dealkylation sites (N-methyl/N-ethyl adjacent to an activating group) is 2. The fraction of sp³-hybridized carbons (Fsp3) is 0.625. The molecule has 78 valence electrons. The van der Waals surface area contributed by atoms with Gasteiger partial charge in [0.05, 0.1) is 0 Å². The van der Waals surface area contributed by atoms with Crippen LogP contribution < -0.4 is 0 Å². The summed E-state index contributed by atoms with van der Waals surface area (Å²) in [7, 11) is 2.90. The van der Waals surface area contributed by atoms with Crippen molar-refractivity contribution in [3.05, 3.63) is 0 Å². The van der Waals surface area contributed by atoms with Gasteiger partial charge in [-0.3, -0.25) is 14.5 Å². The highest BCUT2D eigenvalue weighted by Gasteiger charge is 2.41. The van der Waals surface area contributed by atoms with E-state index in [4.69, 9.17) is 0 Å². The molecule has 1 heterocycles. The Labute approximate surface area is 81.4 Å². The van der Waals surface area contributed by atoms with Gasteiger partial charge in [-0.2, -0.15) is 0 Å². The highest BCUT2D eigenvalue weighted by molar-refractivity contribution is 6.03. The Hall–Kier alpha value is -1.59. The zero-order chi connectivity index (χ0) is 10.9. The molecule has 0 aromatic carbocycles. The summed E-state index contributed by atoms with van der Waals surface area (Å²) in [6.07, 6.45) is 0. The number of rotatable bonds is 2. The Morgan fingerprint density at radius 1 is 1.43 bits per heavy atom. The summed E-state index contributed by atoms with van der Waals surface area (Å²) in [5, 5.41) is 0.